The van der Waals surface area contributed by atoms with Crippen molar-refractivity contribution in [1.29, 1.82) is 0 Å². The highest BCUT2D eigenvalue weighted by Crippen LogP contribution is 2.30. The average Bonchev–Trinajstić information content (AvgIpc) is 3.23. The van der Waals surface area contributed by atoms with Crippen LogP contribution in [0.5, 0.6) is 0 Å². The topological polar surface area (TPSA) is 76.0 Å². The Morgan fingerprint density at radius 3 is 2.25 bits per heavy atom. The minimum Gasteiger partial charge on any atom is -0.344 e. The van der Waals surface area contributed by atoms with E-state index < -0.39 is 23.8 Å². The van der Waals surface area contributed by atoms with E-state index in [0.29, 0.717) is 5.69 Å². The number of rotatable bonds is 7. The van der Waals surface area contributed by atoms with Crippen molar-refractivity contribution >= 4 is 17.5 Å². The average molecular weight is 444 g/mol. The number of aromatic nitrogens is 2. The third-order valence-corrected chi connectivity index (χ3v) is 4.79. The molecule has 1 aromatic heterocycles. The SMILES string of the molecule is CC(C)C(NC(=O)Cc1ccccc1)C(=O)Nc1ccc(-n2nccc2C(F)(F)F)cc1. The lowest BCUT2D eigenvalue weighted by molar-refractivity contribution is -0.142. The van der Waals surface area contributed by atoms with Gasteiger partial charge in [-0.1, -0.05) is 44.2 Å². The third-order valence-electron chi connectivity index (χ3n) is 4.79. The van der Waals surface area contributed by atoms with Crippen molar-refractivity contribution in [3.05, 3.63) is 78.1 Å². The summed E-state index contributed by atoms with van der Waals surface area (Å²) < 4.78 is 40.0. The van der Waals surface area contributed by atoms with Crippen molar-refractivity contribution in [1.82, 2.24) is 15.1 Å². The van der Waals surface area contributed by atoms with Gasteiger partial charge in [0.15, 0.2) is 0 Å². The molecule has 2 aromatic carbocycles. The Balaban J connectivity index is 1.67. The van der Waals surface area contributed by atoms with Gasteiger partial charge in [0.1, 0.15) is 11.7 Å². The molecule has 0 fully saturated rings. The highest BCUT2D eigenvalue weighted by molar-refractivity contribution is 5.97. The maximum Gasteiger partial charge on any atom is 0.433 e. The van der Waals surface area contributed by atoms with Gasteiger partial charge in [-0.3, -0.25) is 9.59 Å². The van der Waals surface area contributed by atoms with Gasteiger partial charge in [-0.25, -0.2) is 4.68 Å². The van der Waals surface area contributed by atoms with Crippen LogP contribution in [-0.4, -0.2) is 27.6 Å². The molecule has 9 heteroatoms. The Bertz CT molecular complexity index is 1060. The molecule has 1 atom stereocenters. The molecule has 0 saturated carbocycles. The van der Waals surface area contributed by atoms with Gasteiger partial charge in [-0.2, -0.15) is 18.3 Å². The molecular formula is C23H23F3N4O2. The summed E-state index contributed by atoms with van der Waals surface area (Å²) in [6.45, 7) is 3.62. The highest BCUT2D eigenvalue weighted by Gasteiger charge is 2.35. The standard InChI is InChI=1S/C23H23F3N4O2/c1-15(2)21(29-20(31)14-16-6-4-3-5-7-16)22(32)28-17-8-10-18(11-9-17)30-19(12-13-27-30)23(24,25)26/h3-13,15,21H,14H2,1-2H3,(H,28,32)(H,29,31). The first-order valence-corrected chi connectivity index (χ1v) is 10.0. The lowest BCUT2D eigenvalue weighted by Crippen LogP contribution is -2.47. The first-order valence-electron chi connectivity index (χ1n) is 10.0. The lowest BCUT2D eigenvalue weighted by Gasteiger charge is -2.22. The summed E-state index contributed by atoms with van der Waals surface area (Å²) >= 11 is 0. The molecule has 0 spiro atoms. The van der Waals surface area contributed by atoms with Crippen molar-refractivity contribution in [2.45, 2.75) is 32.5 Å². The number of hydrogen-bond acceptors (Lipinski definition) is 3. The molecule has 6 nitrogen and oxygen atoms in total. The van der Waals surface area contributed by atoms with Crippen LogP contribution in [0.4, 0.5) is 18.9 Å². The van der Waals surface area contributed by atoms with Gasteiger partial charge in [0.05, 0.1) is 18.3 Å². The second-order valence-electron chi connectivity index (χ2n) is 7.61. The predicted molar refractivity (Wildman–Crippen MR) is 114 cm³/mol. The quantitative estimate of drug-likeness (QED) is 0.573. The summed E-state index contributed by atoms with van der Waals surface area (Å²) in [5.74, 6) is -0.865. The highest BCUT2D eigenvalue weighted by atomic mass is 19.4. The van der Waals surface area contributed by atoms with E-state index in [1.807, 2.05) is 44.2 Å². The van der Waals surface area contributed by atoms with Crippen LogP contribution in [0.2, 0.25) is 0 Å². The Morgan fingerprint density at radius 2 is 1.66 bits per heavy atom. The van der Waals surface area contributed by atoms with Crippen molar-refractivity contribution < 1.29 is 22.8 Å². The first-order chi connectivity index (χ1) is 15.1. The van der Waals surface area contributed by atoms with E-state index in [4.69, 9.17) is 0 Å². The molecule has 1 heterocycles. The van der Waals surface area contributed by atoms with Crippen molar-refractivity contribution in [3.63, 3.8) is 0 Å². The van der Waals surface area contributed by atoms with E-state index in [1.165, 1.54) is 24.3 Å². The number of amides is 2. The van der Waals surface area contributed by atoms with Crippen LogP contribution in [0.3, 0.4) is 0 Å². The van der Waals surface area contributed by atoms with Crippen molar-refractivity contribution in [2.24, 2.45) is 5.92 Å². The number of hydrogen-bond donors (Lipinski definition) is 2. The monoisotopic (exact) mass is 444 g/mol. The molecule has 3 rings (SSSR count). The fourth-order valence-electron chi connectivity index (χ4n) is 3.17. The van der Waals surface area contributed by atoms with E-state index in [1.54, 1.807) is 0 Å². The van der Waals surface area contributed by atoms with Gasteiger partial charge in [0.2, 0.25) is 11.8 Å². The normalized spacial score (nSPS) is 12.4. The maximum atomic E-state index is 13.1. The number of halogens is 3. The molecule has 0 aliphatic rings. The molecule has 2 N–H and O–H groups in total. The Morgan fingerprint density at radius 1 is 1.00 bits per heavy atom. The largest absolute Gasteiger partial charge is 0.433 e. The zero-order valence-electron chi connectivity index (χ0n) is 17.6. The van der Waals surface area contributed by atoms with Crippen molar-refractivity contribution in [3.8, 4) is 5.69 Å². The summed E-state index contributed by atoms with van der Waals surface area (Å²) in [4.78, 5) is 25.1. The van der Waals surface area contributed by atoms with Crippen LogP contribution in [0.15, 0.2) is 66.9 Å². The lowest BCUT2D eigenvalue weighted by atomic mass is 10.0. The second kappa shape index (κ2) is 9.67. The molecule has 0 radical (unpaired) electrons. The smallest absolute Gasteiger partial charge is 0.344 e. The number of nitrogens with zero attached hydrogens (tertiary/aromatic N) is 2. The van der Waals surface area contributed by atoms with E-state index >= 15 is 0 Å². The van der Waals surface area contributed by atoms with Crippen LogP contribution < -0.4 is 10.6 Å². The molecule has 0 bridgehead atoms. The van der Waals surface area contributed by atoms with Crippen LogP contribution in [0.25, 0.3) is 5.69 Å². The first kappa shape index (κ1) is 23.1. The van der Waals surface area contributed by atoms with Gasteiger partial charge >= 0.3 is 6.18 Å². The number of alkyl halides is 3. The van der Waals surface area contributed by atoms with Gasteiger partial charge in [-0.05, 0) is 41.8 Å². The zero-order valence-corrected chi connectivity index (χ0v) is 17.6. The van der Waals surface area contributed by atoms with Crippen molar-refractivity contribution in [2.75, 3.05) is 5.32 Å². The fraction of sp³-hybridized carbons (Fsp3) is 0.261. The van der Waals surface area contributed by atoms with Gasteiger partial charge in [0, 0.05) is 5.69 Å². The van der Waals surface area contributed by atoms with E-state index in [9.17, 15) is 22.8 Å². The Kier molecular flexibility index (Phi) is 6.97. The van der Waals surface area contributed by atoms with Gasteiger partial charge in [-0.15, -0.1) is 0 Å². The molecule has 0 aliphatic heterocycles. The Labute approximate surface area is 183 Å². The summed E-state index contributed by atoms with van der Waals surface area (Å²) in [7, 11) is 0. The third kappa shape index (κ3) is 5.75. The minimum absolute atomic E-state index is 0.150. The summed E-state index contributed by atoms with van der Waals surface area (Å²) in [5.41, 5.74) is 0.537. The molecule has 0 aliphatic carbocycles. The molecule has 168 valence electrons. The zero-order chi connectivity index (χ0) is 23.3. The van der Waals surface area contributed by atoms with E-state index in [0.717, 1.165) is 22.5 Å². The number of anilines is 1. The number of carbonyl (C=O) groups is 2. The minimum atomic E-state index is -4.54. The molecule has 3 aromatic rings. The molecule has 32 heavy (non-hydrogen) atoms. The summed E-state index contributed by atoms with van der Waals surface area (Å²) in [5, 5.41) is 9.18. The number of benzene rings is 2. The van der Waals surface area contributed by atoms with Gasteiger partial charge in [0.25, 0.3) is 0 Å². The summed E-state index contributed by atoms with van der Waals surface area (Å²) in [6.07, 6.45) is -3.31. The van der Waals surface area contributed by atoms with Crippen LogP contribution in [-0.2, 0) is 22.2 Å². The molecule has 2 amide bonds. The van der Waals surface area contributed by atoms with E-state index in [2.05, 4.69) is 15.7 Å². The second-order valence-corrected chi connectivity index (χ2v) is 7.61. The molecule has 0 saturated heterocycles. The van der Waals surface area contributed by atoms with Gasteiger partial charge < -0.3 is 10.6 Å². The van der Waals surface area contributed by atoms with Crippen LogP contribution in [0.1, 0.15) is 25.1 Å². The number of carbonyl (C=O) groups excluding carboxylic acids is 2. The molecular weight excluding hydrogens is 421 g/mol. The predicted octanol–water partition coefficient (Wildman–Crippen LogP) is 4.21. The van der Waals surface area contributed by atoms with E-state index in [-0.39, 0.29) is 23.9 Å². The fourth-order valence-corrected chi connectivity index (χ4v) is 3.17. The molecule has 1 unspecified atom stereocenters. The summed E-state index contributed by atoms with van der Waals surface area (Å²) in [6, 6.07) is 15.1. The Hall–Kier alpha value is -3.62. The maximum absolute atomic E-state index is 13.1. The van der Waals surface area contributed by atoms with Crippen LogP contribution in [0, 0.1) is 5.92 Å². The number of nitrogens with one attached hydrogen (secondary N) is 2. The van der Waals surface area contributed by atoms with Crippen LogP contribution >= 0.6 is 0 Å².